The maximum absolute atomic E-state index is 13.9. The molecule has 0 saturated heterocycles. The van der Waals surface area contributed by atoms with Gasteiger partial charge in [-0.15, -0.1) is 0 Å². The number of aliphatic hydroxyl groups is 1. The number of carbonyl (C=O) groups is 3. The Morgan fingerprint density at radius 3 is 2.10 bits per heavy atom. The van der Waals surface area contributed by atoms with Crippen LogP contribution >= 0.6 is 0 Å². The summed E-state index contributed by atoms with van der Waals surface area (Å²) < 4.78 is 27.8. The fourth-order valence-corrected chi connectivity index (χ4v) is 4.34. The third-order valence-electron chi connectivity index (χ3n) is 6.52. The van der Waals surface area contributed by atoms with Crippen molar-refractivity contribution in [2.75, 3.05) is 26.2 Å². The van der Waals surface area contributed by atoms with Gasteiger partial charge in [-0.05, 0) is 68.0 Å². The van der Waals surface area contributed by atoms with E-state index in [-0.39, 0.29) is 41.8 Å². The fraction of sp³-hybridized carbons (Fsp3) is 0.516. The molecule has 41 heavy (non-hydrogen) atoms. The molecule has 0 fully saturated rings. The number of benzene rings is 2. The van der Waals surface area contributed by atoms with Gasteiger partial charge < -0.3 is 26.0 Å². The zero-order chi connectivity index (χ0) is 30.5. The average molecular weight is 575 g/mol. The molecule has 4 N–H and O–H groups in total. The van der Waals surface area contributed by atoms with E-state index < -0.39 is 35.7 Å². The van der Waals surface area contributed by atoms with E-state index in [1.54, 1.807) is 30.0 Å². The van der Waals surface area contributed by atoms with E-state index in [9.17, 15) is 28.3 Å². The normalized spacial score (nSPS) is 13.4. The van der Waals surface area contributed by atoms with E-state index in [0.717, 1.165) is 31.0 Å². The van der Waals surface area contributed by atoms with Crippen LogP contribution in [0, 0.1) is 17.6 Å². The number of nitrogens with zero attached hydrogens (tertiary/aromatic N) is 1. The second kappa shape index (κ2) is 16.8. The minimum atomic E-state index is -1.21. The fourth-order valence-electron chi connectivity index (χ4n) is 4.34. The maximum Gasteiger partial charge on any atom is 0.253 e. The molecule has 0 heterocycles. The Hall–Kier alpha value is -3.37. The highest BCUT2D eigenvalue weighted by atomic mass is 19.1. The number of halogens is 2. The number of nitrogens with one attached hydrogen (secondary N) is 3. The molecule has 2 aromatic rings. The number of hydrogen-bond acceptors (Lipinski definition) is 5. The molecule has 0 spiro atoms. The molecule has 0 aliphatic heterocycles. The standard InChI is InChI=1S/C31H44F2N4O4/c1-6-11-37(12-7-2)31(41)24-10-8-9-23(16-24)30(40)36-27(15-22-13-25(32)17-26(33)14-22)28(38)19-34-21(5)29(39)35-18-20(3)4/h8-10,13-14,16-17,20-21,27-28,34,38H,6-7,11-12,15,18-19H2,1-5H3,(H,35,39)(H,36,40)/t21?,27-,28+/m0/s1. The second-order valence-corrected chi connectivity index (χ2v) is 10.8. The smallest absolute Gasteiger partial charge is 0.253 e. The summed E-state index contributed by atoms with van der Waals surface area (Å²) in [5.41, 5.74) is 0.820. The monoisotopic (exact) mass is 574 g/mol. The first-order valence-corrected chi connectivity index (χ1v) is 14.3. The molecule has 0 radical (unpaired) electrons. The van der Waals surface area contributed by atoms with Gasteiger partial charge in [-0.1, -0.05) is 33.8 Å². The number of amides is 3. The maximum atomic E-state index is 13.9. The lowest BCUT2D eigenvalue weighted by atomic mass is 9.99. The Morgan fingerprint density at radius 1 is 0.902 bits per heavy atom. The molecule has 0 aliphatic rings. The summed E-state index contributed by atoms with van der Waals surface area (Å²) in [6.07, 6.45) is 0.326. The van der Waals surface area contributed by atoms with E-state index in [4.69, 9.17) is 0 Å². The summed E-state index contributed by atoms with van der Waals surface area (Å²) in [7, 11) is 0. The lowest BCUT2D eigenvalue weighted by Crippen LogP contribution is -2.52. The summed E-state index contributed by atoms with van der Waals surface area (Å²) in [5, 5.41) is 19.6. The highest BCUT2D eigenvalue weighted by Gasteiger charge is 2.25. The first-order valence-electron chi connectivity index (χ1n) is 14.3. The average Bonchev–Trinajstić information content (AvgIpc) is 2.92. The van der Waals surface area contributed by atoms with Crippen LogP contribution < -0.4 is 16.0 Å². The largest absolute Gasteiger partial charge is 0.390 e. The SMILES string of the molecule is CCCN(CCC)C(=O)c1cccc(C(=O)N[C@@H](Cc2cc(F)cc(F)c2)[C@H](O)CNC(C)C(=O)NCC(C)C)c1. The van der Waals surface area contributed by atoms with Crippen molar-refractivity contribution < 1.29 is 28.3 Å². The van der Waals surface area contributed by atoms with Crippen LogP contribution in [0.5, 0.6) is 0 Å². The predicted molar refractivity (Wildman–Crippen MR) is 156 cm³/mol. The van der Waals surface area contributed by atoms with Crippen LogP contribution in [0.15, 0.2) is 42.5 Å². The lowest BCUT2D eigenvalue weighted by Gasteiger charge is -2.26. The molecule has 1 unspecified atom stereocenters. The molecule has 0 aliphatic carbocycles. The van der Waals surface area contributed by atoms with Crippen molar-refractivity contribution in [1.29, 1.82) is 0 Å². The van der Waals surface area contributed by atoms with Gasteiger partial charge in [-0.2, -0.15) is 0 Å². The summed E-state index contributed by atoms with van der Waals surface area (Å²) in [6, 6.07) is 7.76. The van der Waals surface area contributed by atoms with Gasteiger partial charge in [0.2, 0.25) is 5.91 Å². The summed E-state index contributed by atoms with van der Waals surface area (Å²) in [5.74, 6) is -2.24. The Kier molecular flexibility index (Phi) is 13.9. The molecule has 10 heteroatoms. The summed E-state index contributed by atoms with van der Waals surface area (Å²) in [6.45, 7) is 11.2. The van der Waals surface area contributed by atoms with Crippen LogP contribution in [0.25, 0.3) is 0 Å². The summed E-state index contributed by atoms with van der Waals surface area (Å²) >= 11 is 0. The lowest BCUT2D eigenvalue weighted by molar-refractivity contribution is -0.123. The summed E-state index contributed by atoms with van der Waals surface area (Å²) in [4.78, 5) is 40.4. The third-order valence-corrected chi connectivity index (χ3v) is 6.52. The molecule has 2 rings (SSSR count). The molecular formula is C31H44F2N4O4. The van der Waals surface area contributed by atoms with E-state index in [0.29, 0.717) is 25.2 Å². The Labute approximate surface area is 241 Å². The van der Waals surface area contributed by atoms with Gasteiger partial charge in [0.15, 0.2) is 0 Å². The number of rotatable bonds is 16. The molecule has 8 nitrogen and oxygen atoms in total. The van der Waals surface area contributed by atoms with Crippen molar-refractivity contribution in [2.45, 2.75) is 72.1 Å². The quantitative estimate of drug-likeness (QED) is 0.245. The van der Waals surface area contributed by atoms with Gasteiger partial charge in [0.05, 0.1) is 18.2 Å². The molecule has 2 aromatic carbocycles. The first kappa shape index (κ1) is 33.8. The predicted octanol–water partition coefficient (Wildman–Crippen LogP) is 3.68. The van der Waals surface area contributed by atoms with Gasteiger partial charge in [0, 0.05) is 43.4 Å². The van der Waals surface area contributed by atoms with Crippen molar-refractivity contribution in [1.82, 2.24) is 20.9 Å². The third kappa shape index (κ3) is 11.2. The van der Waals surface area contributed by atoms with E-state index in [1.807, 2.05) is 27.7 Å². The number of aliphatic hydroxyl groups excluding tert-OH is 1. The molecular weight excluding hydrogens is 530 g/mol. The van der Waals surface area contributed by atoms with Crippen molar-refractivity contribution in [3.8, 4) is 0 Å². The minimum Gasteiger partial charge on any atom is -0.390 e. The molecule has 0 aromatic heterocycles. The van der Waals surface area contributed by atoms with Crippen LogP contribution in [-0.4, -0.2) is 72.1 Å². The highest BCUT2D eigenvalue weighted by Crippen LogP contribution is 2.14. The van der Waals surface area contributed by atoms with Crippen LogP contribution in [-0.2, 0) is 11.2 Å². The molecule has 3 amide bonds. The zero-order valence-corrected chi connectivity index (χ0v) is 24.7. The second-order valence-electron chi connectivity index (χ2n) is 10.8. The van der Waals surface area contributed by atoms with E-state index >= 15 is 0 Å². The van der Waals surface area contributed by atoms with Crippen molar-refractivity contribution in [3.63, 3.8) is 0 Å². The molecule has 3 atom stereocenters. The number of hydrogen-bond donors (Lipinski definition) is 4. The molecule has 226 valence electrons. The highest BCUT2D eigenvalue weighted by molar-refractivity contribution is 5.99. The van der Waals surface area contributed by atoms with Gasteiger partial charge >= 0.3 is 0 Å². The minimum absolute atomic E-state index is 0.0689. The Morgan fingerprint density at radius 2 is 1.51 bits per heavy atom. The van der Waals surface area contributed by atoms with E-state index in [1.165, 1.54) is 6.07 Å². The van der Waals surface area contributed by atoms with E-state index in [2.05, 4.69) is 16.0 Å². The van der Waals surface area contributed by atoms with Crippen LogP contribution in [0.3, 0.4) is 0 Å². The molecule has 0 saturated carbocycles. The molecule has 0 bridgehead atoms. The van der Waals surface area contributed by atoms with Crippen LogP contribution in [0.4, 0.5) is 8.78 Å². The zero-order valence-electron chi connectivity index (χ0n) is 24.7. The van der Waals surface area contributed by atoms with Crippen molar-refractivity contribution in [3.05, 3.63) is 70.8 Å². The van der Waals surface area contributed by atoms with Crippen LogP contribution in [0.1, 0.15) is 73.7 Å². The van der Waals surface area contributed by atoms with Crippen molar-refractivity contribution in [2.24, 2.45) is 5.92 Å². The number of carbonyl (C=O) groups excluding carboxylic acids is 3. The van der Waals surface area contributed by atoms with Gasteiger partial charge in [0.25, 0.3) is 11.8 Å². The Balaban J connectivity index is 2.22. The first-order chi connectivity index (χ1) is 19.4. The topological polar surface area (TPSA) is 111 Å². The van der Waals surface area contributed by atoms with Gasteiger partial charge in [-0.25, -0.2) is 8.78 Å². The van der Waals surface area contributed by atoms with Crippen molar-refractivity contribution >= 4 is 17.7 Å². The van der Waals surface area contributed by atoms with Gasteiger partial charge in [0.1, 0.15) is 11.6 Å². The Bertz CT molecular complexity index is 1130. The van der Waals surface area contributed by atoms with Gasteiger partial charge in [-0.3, -0.25) is 14.4 Å². The van der Waals surface area contributed by atoms with Crippen LogP contribution in [0.2, 0.25) is 0 Å².